The van der Waals surface area contributed by atoms with E-state index in [0.29, 0.717) is 39.7 Å². The van der Waals surface area contributed by atoms with E-state index < -0.39 is 11.9 Å². The molecule has 0 unspecified atom stereocenters. The minimum atomic E-state index is -0.599. The van der Waals surface area contributed by atoms with Crippen molar-refractivity contribution < 1.29 is 24.2 Å². The molecule has 1 aromatic rings. The Morgan fingerprint density at radius 1 is 1.29 bits per heavy atom. The first-order chi connectivity index (χ1) is 13.1. The summed E-state index contributed by atoms with van der Waals surface area (Å²) < 4.78 is 10.7. The lowest BCUT2D eigenvalue weighted by Crippen LogP contribution is -2.38. The highest BCUT2D eigenvalue weighted by atomic mass is 79.9. The van der Waals surface area contributed by atoms with Gasteiger partial charge in [0.15, 0.2) is 17.3 Å². The summed E-state index contributed by atoms with van der Waals surface area (Å²) in [5.74, 6) is -0.873. The van der Waals surface area contributed by atoms with Crippen molar-refractivity contribution in [3.63, 3.8) is 0 Å². The second-order valence-corrected chi connectivity index (χ2v) is 8.83. The van der Waals surface area contributed by atoms with Crippen LogP contribution in [0.5, 0.6) is 11.5 Å². The number of ether oxygens (including phenoxy) is 2. The number of aromatic hydroxyl groups is 1. The molecule has 0 aromatic heterocycles. The van der Waals surface area contributed by atoms with Gasteiger partial charge in [-0.2, -0.15) is 0 Å². The average molecular weight is 450 g/mol. The monoisotopic (exact) mass is 449 g/mol. The summed E-state index contributed by atoms with van der Waals surface area (Å²) >= 11 is 3.34. The van der Waals surface area contributed by atoms with Crippen molar-refractivity contribution in [3.8, 4) is 11.5 Å². The summed E-state index contributed by atoms with van der Waals surface area (Å²) in [7, 11) is 2.78. The van der Waals surface area contributed by atoms with Gasteiger partial charge in [0.05, 0.1) is 24.3 Å². The number of carbonyl (C=O) groups excluding carboxylic acids is 2. The first kappa shape index (κ1) is 20.5. The zero-order chi connectivity index (χ0) is 20.8. The van der Waals surface area contributed by atoms with Gasteiger partial charge in [-0.1, -0.05) is 13.8 Å². The van der Waals surface area contributed by atoms with E-state index in [9.17, 15) is 14.7 Å². The van der Waals surface area contributed by atoms with Crippen LogP contribution in [0, 0.1) is 5.41 Å². The molecule has 150 valence electrons. The Morgan fingerprint density at radius 2 is 1.96 bits per heavy atom. The van der Waals surface area contributed by atoms with Crippen LogP contribution in [0.25, 0.3) is 0 Å². The van der Waals surface area contributed by atoms with Crippen LogP contribution in [0.15, 0.2) is 39.1 Å². The van der Waals surface area contributed by atoms with E-state index in [0.717, 1.165) is 5.70 Å². The third-order valence-corrected chi connectivity index (χ3v) is 5.85. The normalized spacial score (nSPS) is 21.2. The zero-order valence-corrected chi connectivity index (χ0v) is 18.2. The molecule has 0 spiro atoms. The fourth-order valence-corrected chi connectivity index (χ4v) is 4.53. The molecule has 7 heteroatoms. The lowest BCUT2D eigenvalue weighted by Gasteiger charge is -2.39. The highest BCUT2D eigenvalue weighted by molar-refractivity contribution is 9.10. The average Bonchev–Trinajstić information content (AvgIpc) is 2.61. The predicted octanol–water partition coefficient (Wildman–Crippen LogP) is 3.94. The van der Waals surface area contributed by atoms with Crippen molar-refractivity contribution in [1.82, 2.24) is 5.32 Å². The number of halogens is 1. The molecule has 2 aliphatic rings. The molecule has 2 N–H and O–H groups in total. The highest BCUT2D eigenvalue weighted by Gasteiger charge is 2.43. The van der Waals surface area contributed by atoms with Gasteiger partial charge in [-0.3, -0.25) is 4.79 Å². The summed E-state index contributed by atoms with van der Waals surface area (Å²) in [6.45, 7) is 5.92. The number of allylic oxidation sites excluding steroid dienone is 3. The van der Waals surface area contributed by atoms with Gasteiger partial charge in [0, 0.05) is 29.3 Å². The largest absolute Gasteiger partial charge is 0.503 e. The van der Waals surface area contributed by atoms with Crippen molar-refractivity contribution in [1.29, 1.82) is 0 Å². The van der Waals surface area contributed by atoms with E-state index >= 15 is 0 Å². The first-order valence-electron chi connectivity index (χ1n) is 8.98. The number of phenolic OH excluding ortho intramolecular Hbond substituents is 1. The van der Waals surface area contributed by atoms with Crippen molar-refractivity contribution in [3.05, 3.63) is 44.7 Å². The van der Waals surface area contributed by atoms with Crippen LogP contribution in [0.2, 0.25) is 0 Å². The predicted molar refractivity (Wildman–Crippen MR) is 108 cm³/mol. The van der Waals surface area contributed by atoms with Crippen molar-refractivity contribution in [2.45, 2.75) is 39.5 Å². The molecule has 0 saturated carbocycles. The van der Waals surface area contributed by atoms with Crippen molar-refractivity contribution >= 4 is 27.7 Å². The smallest absolute Gasteiger partial charge is 0.336 e. The molecule has 1 aliphatic carbocycles. The van der Waals surface area contributed by atoms with Crippen LogP contribution in [-0.4, -0.2) is 31.1 Å². The van der Waals surface area contributed by atoms with E-state index in [4.69, 9.17) is 9.47 Å². The lowest BCUT2D eigenvalue weighted by molar-refractivity contribution is -0.136. The maximum atomic E-state index is 13.1. The molecular weight excluding hydrogens is 426 g/mol. The van der Waals surface area contributed by atoms with Crippen molar-refractivity contribution in [2.75, 3.05) is 14.2 Å². The SMILES string of the molecule is COC(=O)C1=C(C)NC2=C(C(=O)CC(C)(C)C2)[C@H]1c1cc(Br)c(O)c(OC)c1. The Bertz CT molecular complexity index is 929. The molecule has 1 aromatic carbocycles. The molecule has 28 heavy (non-hydrogen) atoms. The van der Waals surface area contributed by atoms with Gasteiger partial charge in [-0.25, -0.2) is 4.79 Å². The molecule has 0 bridgehead atoms. The van der Waals surface area contributed by atoms with Crippen LogP contribution in [-0.2, 0) is 14.3 Å². The number of rotatable bonds is 3. The fourth-order valence-electron chi connectivity index (χ4n) is 4.07. The Labute approximate surface area is 172 Å². The zero-order valence-electron chi connectivity index (χ0n) is 16.6. The quantitative estimate of drug-likeness (QED) is 0.679. The van der Waals surface area contributed by atoms with E-state index in [1.165, 1.54) is 14.2 Å². The number of nitrogens with one attached hydrogen (secondary N) is 1. The van der Waals surface area contributed by atoms with Crippen LogP contribution in [0.4, 0.5) is 0 Å². The van der Waals surface area contributed by atoms with Gasteiger partial charge < -0.3 is 19.9 Å². The van der Waals surface area contributed by atoms with Gasteiger partial charge in [0.2, 0.25) is 0 Å². The summed E-state index contributed by atoms with van der Waals surface area (Å²) in [6.07, 6.45) is 1.10. The van der Waals surface area contributed by atoms with E-state index in [2.05, 4.69) is 35.1 Å². The molecule has 6 nitrogen and oxygen atoms in total. The Kier molecular flexibility index (Phi) is 5.32. The molecule has 3 rings (SSSR count). The number of Topliss-reactive ketones (excluding diaryl/α,β-unsaturated/α-hetero) is 1. The number of esters is 1. The summed E-state index contributed by atoms with van der Waals surface area (Å²) in [4.78, 5) is 25.8. The van der Waals surface area contributed by atoms with E-state index in [-0.39, 0.29) is 22.7 Å². The van der Waals surface area contributed by atoms with Crippen molar-refractivity contribution in [2.24, 2.45) is 5.41 Å². The molecule has 1 atom stereocenters. The first-order valence-corrected chi connectivity index (χ1v) is 9.77. The third kappa shape index (κ3) is 3.43. The molecule has 1 heterocycles. The topological polar surface area (TPSA) is 84.9 Å². The van der Waals surface area contributed by atoms with Gasteiger partial charge in [-0.05, 0) is 52.4 Å². The molecular formula is C21H24BrNO5. The van der Waals surface area contributed by atoms with E-state index in [1.807, 2.05) is 6.92 Å². The fraction of sp³-hybridized carbons (Fsp3) is 0.429. The second-order valence-electron chi connectivity index (χ2n) is 7.98. The summed E-state index contributed by atoms with van der Waals surface area (Å²) in [5, 5.41) is 13.4. The number of hydrogen-bond acceptors (Lipinski definition) is 6. The minimum absolute atomic E-state index is 0.000757. The summed E-state index contributed by atoms with van der Waals surface area (Å²) in [6, 6.07) is 3.37. The number of benzene rings is 1. The maximum absolute atomic E-state index is 13.1. The lowest BCUT2D eigenvalue weighted by atomic mass is 9.68. The van der Waals surface area contributed by atoms with Crippen LogP contribution in [0.3, 0.4) is 0 Å². The number of hydrogen-bond donors (Lipinski definition) is 2. The molecule has 0 radical (unpaired) electrons. The standard InChI is InChI=1S/C21H24BrNO5/c1-10-16(20(26)28-5)17(11-6-12(22)19(25)15(7-11)27-4)18-13(23-10)8-21(2,3)9-14(18)24/h6-7,17,23,25H,8-9H2,1-5H3/t17-/m0/s1. The molecule has 0 saturated heterocycles. The number of ketones is 1. The Balaban J connectivity index is 2.27. The third-order valence-electron chi connectivity index (χ3n) is 5.25. The molecule has 0 fully saturated rings. The molecule has 0 amide bonds. The number of carbonyl (C=O) groups is 2. The molecule has 1 aliphatic heterocycles. The number of phenols is 1. The van der Waals surface area contributed by atoms with Crippen LogP contribution < -0.4 is 10.1 Å². The Hall–Kier alpha value is -2.28. The number of dihydropyridines is 1. The van der Waals surface area contributed by atoms with Crippen LogP contribution in [0.1, 0.15) is 45.1 Å². The second kappa shape index (κ2) is 7.28. The van der Waals surface area contributed by atoms with Gasteiger partial charge >= 0.3 is 5.97 Å². The van der Waals surface area contributed by atoms with Gasteiger partial charge in [0.25, 0.3) is 0 Å². The maximum Gasteiger partial charge on any atom is 0.336 e. The minimum Gasteiger partial charge on any atom is -0.503 e. The van der Waals surface area contributed by atoms with Crippen LogP contribution >= 0.6 is 15.9 Å². The Morgan fingerprint density at radius 3 is 2.57 bits per heavy atom. The number of methoxy groups -OCH3 is 2. The van der Waals surface area contributed by atoms with Gasteiger partial charge in [-0.15, -0.1) is 0 Å². The van der Waals surface area contributed by atoms with E-state index in [1.54, 1.807) is 12.1 Å². The highest BCUT2D eigenvalue weighted by Crippen LogP contribution is 2.48. The van der Waals surface area contributed by atoms with Gasteiger partial charge in [0.1, 0.15) is 0 Å². The summed E-state index contributed by atoms with van der Waals surface area (Å²) in [5.41, 5.74) is 2.95.